The molecule has 4 aromatic rings. The molecular formula is C26H29N7. The van der Waals surface area contributed by atoms with E-state index in [-0.39, 0.29) is 0 Å². The second kappa shape index (κ2) is 7.86. The SMILES string of the molecule is C=C(N)c1cccc2c(-c3cnn4cc(N5CC(N6CCN(C)CC6)C5)cnc34)cccc12. The Hall–Kier alpha value is -3.42. The molecule has 7 nitrogen and oxygen atoms in total. The summed E-state index contributed by atoms with van der Waals surface area (Å²) in [5.74, 6) is 0. The number of anilines is 1. The van der Waals surface area contributed by atoms with Gasteiger partial charge in [0.2, 0.25) is 0 Å². The Morgan fingerprint density at radius 1 is 0.970 bits per heavy atom. The number of likely N-dealkylation sites (N-methyl/N-ethyl adjacent to an activating group) is 1. The number of aromatic nitrogens is 3. The van der Waals surface area contributed by atoms with Crippen LogP contribution in [-0.2, 0) is 0 Å². The largest absolute Gasteiger partial charge is 0.399 e. The molecule has 0 bridgehead atoms. The van der Waals surface area contributed by atoms with Crippen LogP contribution in [0.3, 0.4) is 0 Å². The van der Waals surface area contributed by atoms with Gasteiger partial charge >= 0.3 is 0 Å². The fraction of sp³-hybridized carbons (Fsp3) is 0.308. The molecule has 7 heteroatoms. The van der Waals surface area contributed by atoms with Crippen molar-refractivity contribution in [2.75, 3.05) is 51.2 Å². The molecule has 0 unspecified atom stereocenters. The van der Waals surface area contributed by atoms with Crippen molar-refractivity contribution < 1.29 is 0 Å². The molecule has 0 radical (unpaired) electrons. The Balaban J connectivity index is 1.28. The molecular weight excluding hydrogens is 410 g/mol. The van der Waals surface area contributed by atoms with Gasteiger partial charge in [-0.25, -0.2) is 9.50 Å². The van der Waals surface area contributed by atoms with Gasteiger partial charge in [-0.1, -0.05) is 43.0 Å². The van der Waals surface area contributed by atoms with Crippen LogP contribution in [-0.4, -0.2) is 76.8 Å². The van der Waals surface area contributed by atoms with Gasteiger partial charge in [-0.2, -0.15) is 5.10 Å². The van der Waals surface area contributed by atoms with Gasteiger partial charge in [-0.05, 0) is 23.4 Å². The van der Waals surface area contributed by atoms with Crippen LogP contribution < -0.4 is 10.6 Å². The van der Waals surface area contributed by atoms with Gasteiger partial charge < -0.3 is 15.5 Å². The maximum Gasteiger partial charge on any atom is 0.162 e. The number of nitrogens with two attached hydrogens (primary N) is 1. The van der Waals surface area contributed by atoms with Crippen molar-refractivity contribution in [3.05, 3.63) is 67.1 Å². The molecule has 0 aliphatic carbocycles. The Morgan fingerprint density at radius 2 is 1.73 bits per heavy atom. The molecule has 2 saturated heterocycles. The maximum atomic E-state index is 6.03. The minimum absolute atomic E-state index is 0.574. The Bertz CT molecular complexity index is 1340. The molecule has 6 rings (SSSR count). The Kier molecular flexibility index (Phi) is 4.81. The lowest BCUT2D eigenvalue weighted by Gasteiger charge is -2.48. The average molecular weight is 440 g/mol. The molecule has 0 spiro atoms. The first-order valence-electron chi connectivity index (χ1n) is 11.6. The Morgan fingerprint density at radius 3 is 2.52 bits per heavy atom. The third-order valence-electron chi connectivity index (χ3n) is 7.18. The molecule has 2 N–H and O–H groups in total. The maximum absolute atomic E-state index is 6.03. The first kappa shape index (κ1) is 20.2. The molecule has 0 amide bonds. The van der Waals surface area contributed by atoms with Gasteiger partial charge in [-0.3, -0.25) is 4.90 Å². The molecule has 2 aromatic heterocycles. The standard InChI is InChI=1S/C26H29N7/c1-18(27)21-5-3-7-23-22(21)6-4-8-24(23)25-14-29-33-17-19(13-28-26(25)33)32-15-20(16-32)31-11-9-30(2)10-12-31/h3-8,13-14,17,20H,1,9-12,15-16,27H2,2H3. The van der Waals surface area contributed by atoms with E-state index >= 15 is 0 Å². The van der Waals surface area contributed by atoms with Crippen molar-refractivity contribution in [2.24, 2.45) is 5.73 Å². The van der Waals surface area contributed by atoms with Gasteiger partial charge in [0, 0.05) is 62.1 Å². The summed E-state index contributed by atoms with van der Waals surface area (Å²) in [6, 6.07) is 13.1. The zero-order chi connectivity index (χ0) is 22.5. The van der Waals surface area contributed by atoms with Crippen LogP contribution in [0.4, 0.5) is 5.69 Å². The van der Waals surface area contributed by atoms with Crippen molar-refractivity contribution in [1.29, 1.82) is 0 Å². The molecule has 4 heterocycles. The highest BCUT2D eigenvalue weighted by molar-refractivity contribution is 6.03. The van der Waals surface area contributed by atoms with Crippen molar-refractivity contribution in [3.63, 3.8) is 0 Å². The quantitative estimate of drug-likeness (QED) is 0.528. The number of benzene rings is 2. The summed E-state index contributed by atoms with van der Waals surface area (Å²) >= 11 is 0. The van der Waals surface area contributed by atoms with Crippen LogP contribution in [0.1, 0.15) is 5.56 Å². The predicted molar refractivity (Wildman–Crippen MR) is 134 cm³/mol. The van der Waals surface area contributed by atoms with E-state index in [0.29, 0.717) is 11.7 Å². The number of rotatable bonds is 4. The molecule has 2 aliphatic rings. The number of piperazine rings is 1. The number of fused-ring (bicyclic) bond motifs is 2. The fourth-order valence-electron chi connectivity index (χ4n) is 5.13. The van der Waals surface area contributed by atoms with Crippen LogP contribution in [0.2, 0.25) is 0 Å². The third kappa shape index (κ3) is 3.44. The van der Waals surface area contributed by atoms with E-state index in [4.69, 9.17) is 10.7 Å². The van der Waals surface area contributed by atoms with E-state index in [2.05, 4.69) is 63.9 Å². The first-order chi connectivity index (χ1) is 16.1. The zero-order valence-corrected chi connectivity index (χ0v) is 19.0. The summed E-state index contributed by atoms with van der Waals surface area (Å²) in [7, 11) is 2.20. The number of hydrogen-bond acceptors (Lipinski definition) is 6. The van der Waals surface area contributed by atoms with Gasteiger partial charge in [0.1, 0.15) is 0 Å². The molecule has 2 aliphatic heterocycles. The first-order valence-corrected chi connectivity index (χ1v) is 11.6. The van der Waals surface area contributed by atoms with E-state index in [0.717, 1.165) is 65.0 Å². The summed E-state index contributed by atoms with van der Waals surface area (Å²) in [5, 5.41) is 6.86. The van der Waals surface area contributed by atoms with Crippen LogP contribution in [0.15, 0.2) is 61.6 Å². The van der Waals surface area contributed by atoms with Crippen LogP contribution in [0.5, 0.6) is 0 Å². The van der Waals surface area contributed by atoms with E-state index in [1.165, 1.54) is 13.1 Å². The van der Waals surface area contributed by atoms with E-state index in [1.54, 1.807) is 0 Å². The lowest BCUT2D eigenvalue weighted by Crippen LogP contribution is -2.63. The lowest BCUT2D eigenvalue weighted by atomic mass is 9.96. The number of nitrogens with zero attached hydrogens (tertiary/aromatic N) is 6. The molecule has 168 valence electrons. The molecule has 2 fully saturated rings. The second-order valence-electron chi connectivity index (χ2n) is 9.27. The van der Waals surface area contributed by atoms with Crippen molar-refractivity contribution in [2.45, 2.75) is 6.04 Å². The van der Waals surface area contributed by atoms with Gasteiger partial charge in [0.15, 0.2) is 5.65 Å². The summed E-state index contributed by atoms with van der Waals surface area (Å²) < 4.78 is 1.90. The van der Waals surface area contributed by atoms with E-state index in [9.17, 15) is 0 Å². The normalized spacial score (nSPS) is 18.2. The lowest BCUT2D eigenvalue weighted by molar-refractivity contribution is 0.0963. The Labute approximate surface area is 193 Å². The predicted octanol–water partition coefficient (Wildman–Crippen LogP) is 2.91. The fourth-order valence-corrected chi connectivity index (χ4v) is 5.13. The van der Waals surface area contributed by atoms with Crippen molar-refractivity contribution in [3.8, 4) is 11.1 Å². The van der Waals surface area contributed by atoms with Crippen LogP contribution in [0, 0.1) is 0 Å². The zero-order valence-electron chi connectivity index (χ0n) is 19.0. The van der Waals surface area contributed by atoms with Crippen molar-refractivity contribution in [1.82, 2.24) is 24.4 Å². The topological polar surface area (TPSA) is 65.9 Å². The van der Waals surface area contributed by atoms with Crippen LogP contribution >= 0.6 is 0 Å². The average Bonchev–Trinajstić information content (AvgIpc) is 3.21. The number of hydrogen-bond donors (Lipinski definition) is 1. The molecule has 2 aromatic carbocycles. The highest BCUT2D eigenvalue weighted by Crippen LogP contribution is 2.34. The minimum Gasteiger partial charge on any atom is -0.399 e. The van der Waals surface area contributed by atoms with Gasteiger partial charge in [-0.15, -0.1) is 0 Å². The van der Waals surface area contributed by atoms with E-state index < -0.39 is 0 Å². The third-order valence-corrected chi connectivity index (χ3v) is 7.18. The summed E-state index contributed by atoms with van der Waals surface area (Å²) in [6.45, 7) is 10.7. The second-order valence-corrected chi connectivity index (χ2v) is 9.27. The van der Waals surface area contributed by atoms with Gasteiger partial charge in [0.05, 0.1) is 24.3 Å². The van der Waals surface area contributed by atoms with Crippen LogP contribution in [0.25, 0.3) is 33.2 Å². The molecule has 33 heavy (non-hydrogen) atoms. The highest BCUT2D eigenvalue weighted by Gasteiger charge is 2.33. The molecule has 0 saturated carbocycles. The minimum atomic E-state index is 0.574. The monoisotopic (exact) mass is 439 g/mol. The summed E-state index contributed by atoms with van der Waals surface area (Å²) in [5.41, 5.74) is 11.7. The van der Waals surface area contributed by atoms with E-state index in [1.807, 2.05) is 29.0 Å². The van der Waals surface area contributed by atoms with Gasteiger partial charge in [0.25, 0.3) is 0 Å². The highest BCUT2D eigenvalue weighted by atomic mass is 15.4. The summed E-state index contributed by atoms with van der Waals surface area (Å²) in [4.78, 5) is 12.3. The summed E-state index contributed by atoms with van der Waals surface area (Å²) in [6.07, 6.45) is 6.00. The van der Waals surface area contributed by atoms with Crippen molar-refractivity contribution >= 4 is 27.8 Å². The smallest absolute Gasteiger partial charge is 0.162 e. The molecule has 0 atom stereocenters.